The molecule has 2 aliphatic rings. The Bertz CT molecular complexity index is 433. The minimum absolute atomic E-state index is 0.105. The Morgan fingerprint density at radius 3 is 2.56 bits per heavy atom. The molecule has 0 amide bonds. The first-order valence-corrected chi connectivity index (χ1v) is 7.05. The van der Waals surface area contributed by atoms with Gasteiger partial charge in [0.2, 0.25) is 0 Å². The van der Waals surface area contributed by atoms with Gasteiger partial charge in [-0.05, 0) is 38.8 Å². The van der Waals surface area contributed by atoms with E-state index < -0.39 is 0 Å². The van der Waals surface area contributed by atoms with E-state index >= 15 is 0 Å². The molecule has 1 aliphatic heterocycles. The largest absolute Gasteiger partial charge is 0.329 e. The van der Waals surface area contributed by atoms with Crippen LogP contribution in [-0.4, -0.2) is 27.5 Å². The van der Waals surface area contributed by atoms with Crippen molar-refractivity contribution in [2.24, 2.45) is 0 Å². The van der Waals surface area contributed by atoms with Crippen molar-refractivity contribution in [2.45, 2.75) is 50.6 Å². The van der Waals surface area contributed by atoms with Gasteiger partial charge < -0.3 is 4.57 Å². The summed E-state index contributed by atoms with van der Waals surface area (Å²) in [6, 6.07) is 2.99. The van der Waals surface area contributed by atoms with Crippen molar-refractivity contribution in [3.63, 3.8) is 0 Å². The molecule has 1 atom stereocenters. The van der Waals surface area contributed by atoms with Crippen molar-refractivity contribution in [1.29, 1.82) is 5.26 Å². The van der Waals surface area contributed by atoms with E-state index in [4.69, 9.17) is 0 Å². The van der Waals surface area contributed by atoms with Crippen LogP contribution in [0.2, 0.25) is 0 Å². The van der Waals surface area contributed by atoms with Gasteiger partial charge in [-0.25, -0.2) is 4.98 Å². The second kappa shape index (κ2) is 5.11. The van der Waals surface area contributed by atoms with Crippen LogP contribution in [0.1, 0.15) is 56.3 Å². The lowest BCUT2D eigenvalue weighted by molar-refractivity contribution is 0.238. The predicted molar refractivity (Wildman–Crippen MR) is 68.9 cm³/mol. The Morgan fingerprint density at radius 2 is 1.94 bits per heavy atom. The average Bonchev–Trinajstić information content (AvgIpc) is 3.17. The second-order valence-corrected chi connectivity index (χ2v) is 5.44. The second-order valence-electron chi connectivity index (χ2n) is 5.44. The molecule has 0 bridgehead atoms. The highest BCUT2D eigenvalue weighted by Gasteiger charge is 2.30. The number of nitriles is 1. The van der Waals surface area contributed by atoms with E-state index in [9.17, 15) is 5.26 Å². The molecule has 1 unspecified atom stereocenters. The number of rotatable bonds is 3. The third-order valence-corrected chi connectivity index (χ3v) is 4.04. The van der Waals surface area contributed by atoms with Crippen LogP contribution in [0, 0.1) is 11.3 Å². The molecule has 0 N–H and O–H groups in total. The molecular weight excluding hydrogens is 224 g/mol. The van der Waals surface area contributed by atoms with Gasteiger partial charge in [0.05, 0.1) is 24.3 Å². The summed E-state index contributed by atoms with van der Waals surface area (Å²) in [7, 11) is 0. The van der Waals surface area contributed by atoms with Crippen LogP contribution < -0.4 is 0 Å². The fourth-order valence-electron chi connectivity index (χ4n) is 2.87. The quantitative estimate of drug-likeness (QED) is 0.821. The molecule has 1 aliphatic carbocycles. The molecule has 1 aromatic heterocycles. The Kier molecular flexibility index (Phi) is 3.33. The highest BCUT2D eigenvalue weighted by atomic mass is 15.2. The predicted octanol–water partition coefficient (Wildman–Crippen LogP) is 2.66. The van der Waals surface area contributed by atoms with Crippen LogP contribution in [0.25, 0.3) is 0 Å². The van der Waals surface area contributed by atoms with Crippen molar-refractivity contribution in [3.8, 4) is 6.07 Å². The zero-order valence-electron chi connectivity index (χ0n) is 10.8. The molecule has 1 aromatic rings. The monoisotopic (exact) mass is 244 g/mol. The van der Waals surface area contributed by atoms with Gasteiger partial charge >= 0.3 is 0 Å². The van der Waals surface area contributed by atoms with E-state index in [0.717, 1.165) is 18.8 Å². The lowest BCUT2D eigenvalue weighted by Gasteiger charge is -2.26. The molecule has 4 nitrogen and oxygen atoms in total. The molecule has 96 valence electrons. The van der Waals surface area contributed by atoms with Gasteiger partial charge in [0, 0.05) is 6.04 Å². The van der Waals surface area contributed by atoms with Crippen LogP contribution >= 0.6 is 0 Å². The zero-order chi connectivity index (χ0) is 12.4. The summed E-state index contributed by atoms with van der Waals surface area (Å²) < 4.78 is 2.22. The van der Waals surface area contributed by atoms with Gasteiger partial charge in [-0.1, -0.05) is 12.8 Å². The van der Waals surface area contributed by atoms with E-state index in [2.05, 4.69) is 20.5 Å². The van der Waals surface area contributed by atoms with Gasteiger partial charge in [0.15, 0.2) is 0 Å². The minimum Gasteiger partial charge on any atom is -0.329 e. The number of likely N-dealkylation sites (tertiary alicyclic amines) is 1. The van der Waals surface area contributed by atoms with Crippen molar-refractivity contribution < 1.29 is 0 Å². The normalized spacial score (nSPS) is 23.3. The average molecular weight is 244 g/mol. The maximum absolute atomic E-state index is 9.54. The number of hydrogen-bond acceptors (Lipinski definition) is 3. The summed E-state index contributed by atoms with van der Waals surface area (Å²) >= 11 is 0. The summed E-state index contributed by atoms with van der Waals surface area (Å²) in [6.45, 7) is 2.10. The number of hydrogen-bond donors (Lipinski definition) is 0. The Hall–Kier alpha value is -1.34. The van der Waals surface area contributed by atoms with Gasteiger partial charge in [0.1, 0.15) is 6.04 Å². The van der Waals surface area contributed by atoms with Crippen molar-refractivity contribution >= 4 is 0 Å². The minimum atomic E-state index is -0.105. The fraction of sp³-hybridized carbons (Fsp3) is 0.714. The van der Waals surface area contributed by atoms with Crippen LogP contribution in [0.15, 0.2) is 12.5 Å². The van der Waals surface area contributed by atoms with Crippen LogP contribution in [0.4, 0.5) is 0 Å². The first kappa shape index (κ1) is 11.7. The van der Waals surface area contributed by atoms with Crippen molar-refractivity contribution in [2.75, 3.05) is 13.1 Å². The highest BCUT2D eigenvalue weighted by molar-refractivity contribution is 5.16. The summed E-state index contributed by atoms with van der Waals surface area (Å²) in [5.74, 6) is 0. The first-order chi connectivity index (χ1) is 8.90. The van der Waals surface area contributed by atoms with E-state index in [-0.39, 0.29) is 6.04 Å². The SMILES string of the molecule is N#CC(c1cncn1C1CC1)N1CCCCCC1. The van der Waals surface area contributed by atoms with E-state index in [1.54, 1.807) is 0 Å². The van der Waals surface area contributed by atoms with E-state index in [1.165, 1.54) is 38.5 Å². The van der Waals surface area contributed by atoms with Crippen LogP contribution in [0.3, 0.4) is 0 Å². The smallest absolute Gasteiger partial charge is 0.140 e. The third-order valence-electron chi connectivity index (χ3n) is 4.04. The zero-order valence-corrected chi connectivity index (χ0v) is 10.8. The molecule has 0 spiro atoms. The first-order valence-electron chi connectivity index (χ1n) is 7.05. The number of imidazole rings is 1. The van der Waals surface area contributed by atoms with Gasteiger partial charge in [-0.3, -0.25) is 4.90 Å². The molecule has 0 radical (unpaired) electrons. The lowest BCUT2D eigenvalue weighted by Crippen LogP contribution is -2.30. The molecule has 1 saturated carbocycles. The molecule has 0 aromatic carbocycles. The summed E-state index contributed by atoms with van der Waals surface area (Å²) in [4.78, 5) is 6.59. The lowest BCUT2D eigenvalue weighted by atomic mass is 10.2. The van der Waals surface area contributed by atoms with Crippen LogP contribution in [-0.2, 0) is 0 Å². The Labute approximate surface area is 108 Å². The number of aromatic nitrogens is 2. The number of nitrogens with zero attached hydrogens (tertiary/aromatic N) is 4. The Morgan fingerprint density at radius 1 is 1.22 bits per heavy atom. The topological polar surface area (TPSA) is 44.9 Å². The molecular formula is C14H20N4. The maximum Gasteiger partial charge on any atom is 0.140 e. The van der Waals surface area contributed by atoms with Gasteiger partial charge in [0.25, 0.3) is 0 Å². The standard InChI is InChI=1S/C14H20N4/c15-9-13(17-7-3-1-2-4-8-17)14-10-16-11-18(14)12-5-6-12/h10-13H,1-8H2. The summed E-state index contributed by atoms with van der Waals surface area (Å²) in [6.07, 6.45) is 11.3. The van der Waals surface area contributed by atoms with Gasteiger partial charge in [-0.15, -0.1) is 0 Å². The molecule has 18 heavy (non-hydrogen) atoms. The molecule has 2 heterocycles. The molecule has 1 saturated heterocycles. The van der Waals surface area contributed by atoms with Crippen molar-refractivity contribution in [1.82, 2.24) is 14.5 Å². The highest BCUT2D eigenvalue weighted by Crippen LogP contribution is 2.37. The van der Waals surface area contributed by atoms with Gasteiger partial charge in [-0.2, -0.15) is 5.26 Å². The fourth-order valence-corrected chi connectivity index (χ4v) is 2.87. The maximum atomic E-state index is 9.54. The summed E-state index contributed by atoms with van der Waals surface area (Å²) in [5, 5.41) is 9.54. The molecule has 3 rings (SSSR count). The van der Waals surface area contributed by atoms with Crippen LogP contribution in [0.5, 0.6) is 0 Å². The van der Waals surface area contributed by atoms with E-state index in [0.29, 0.717) is 6.04 Å². The molecule has 4 heteroatoms. The van der Waals surface area contributed by atoms with E-state index in [1.807, 2.05) is 12.5 Å². The summed E-state index contributed by atoms with van der Waals surface area (Å²) in [5.41, 5.74) is 1.10. The Balaban J connectivity index is 1.82. The third kappa shape index (κ3) is 2.28. The molecule has 2 fully saturated rings. The van der Waals surface area contributed by atoms with Crippen molar-refractivity contribution in [3.05, 3.63) is 18.2 Å².